The first kappa shape index (κ1) is 14.1. The lowest BCUT2D eigenvalue weighted by atomic mass is 9.98. The van der Waals surface area contributed by atoms with E-state index in [2.05, 4.69) is 22.9 Å². The Morgan fingerprint density at radius 3 is 2.79 bits per heavy atom. The van der Waals surface area contributed by atoms with Crippen LogP contribution in [0.2, 0.25) is 0 Å². The summed E-state index contributed by atoms with van der Waals surface area (Å²) in [7, 11) is 0. The molecule has 104 valence electrons. The van der Waals surface area contributed by atoms with Crippen LogP contribution in [0.5, 0.6) is 0 Å². The minimum atomic E-state index is 0.719. The van der Waals surface area contributed by atoms with Crippen LogP contribution in [0, 0.1) is 24.2 Å². The summed E-state index contributed by atoms with van der Waals surface area (Å²) < 4.78 is 5.50. The second-order valence-corrected chi connectivity index (χ2v) is 5.32. The summed E-state index contributed by atoms with van der Waals surface area (Å²) in [5.41, 5.74) is 2.89. The number of nitrogens with zero attached hydrogens (tertiary/aromatic N) is 2. The summed E-state index contributed by atoms with van der Waals surface area (Å²) >= 11 is 0. The third-order valence-electron chi connectivity index (χ3n) is 3.85. The fourth-order valence-corrected chi connectivity index (χ4v) is 2.66. The lowest BCUT2D eigenvalue weighted by Gasteiger charge is -2.31. The summed E-state index contributed by atoms with van der Waals surface area (Å²) in [4.78, 5) is 5.75. The van der Waals surface area contributed by atoms with Crippen molar-refractivity contribution in [3.8, 4) is 6.07 Å². The lowest BCUT2D eigenvalue weighted by Crippen LogP contribution is -2.34. The third-order valence-corrected chi connectivity index (χ3v) is 3.85. The van der Waals surface area contributed by atoms with E-state index in [1.807, 2.05) is 13.0 Å². The molecule has 0 bridgehead atoms. The van der Waals surface area contributed by atoms with Crippen molar-refractivity contribution in [1.29, 1.82) is 5.26 Å². The second-order valence-electron chi connectivity index (χ2n) is 5.32. The molecule has 0 aromatic carbocycles. The van der Waals surface area contributed by atoms with Gasteiger partial charge in [0.15, 0.2) is 0 Å². The van der Waals surface area contributed by atoms with Crippen LogP contribution < -0.4 is 0 Å². The average Bonchev–Trinajstić information content (AvgIpc) is 2.78. The molecule has 19 heavy (non-hydrogen) atoms. The van der Waals surface area contributed by atoms with Gasteiger partial charge in [0.1, 0.15) is 6.07 Å². The van der Waals surface area contributed by atoms with E-state index in [0.717, 1.165) is 55.7 Å². The zero-order chi connectivity index (χ0) is 13.7. The average molecular weight is 261 g/mol. The van der Waals surface area contributed by atoms with Crippen molar-refractivity contribution in [2.24, 2.45) is 5.92 Å². The van der Waals surface area contributed by atoms with Gasteiger partial charge in [-0.15, -0.1) is 0 Å². The zero-order valence-electron chi connectivity index (χ0n) is 11.9. The van der Waals surface area contributed by atoms with E-state index < -0.39 is 0 Å². The van der Waals surface area contributed by atoms with Gasteiger partial charge in [0, 0.05) is 31.1 Å². The number of ether oxygens (including phenoxy) is 1. The molecule has 2 rings (SSSR count). The number of H-pyrrole nitrogens is 1. The van der Waals surface area contributed by atoms with Crippen molar-refractivity contribution < 1.29 is 4.74 Å². The van der Waals surface area contributed by atoms with Gasteiger partial charge in [-0.2, -0.15) is 5.26 Å². The molecule has 4 nitrogen and oxygen atoms in total. The minimum absolute atomic E-state index is 0.719. The van der Waals surface area contributed by atoms with Crippen molar-refractivity contribution in [1.82, 2.24) is 9.88 Å². The van der Waals surface area contributed by atoms with Crippen molar-refractivity contribution in [3.63, 3.8) is 0 Å². The molecule has 2 heterocycles. The van der Waals surface area contributed by atoms with Gasteiger partial charge in [-0.25, -0.2) is 0 Å². The van der Waals surface area contributed by atoms with Gasteiger partial charge >= 0.3 is 0 Å². The molecule has 4 heteroatoms. The molecule has 0 radical (unpaired) electrons. The predicted octanol–water partition coefficient (Wildman–Crippen LogP) is 2.44. The van der Waals surface area contributed by atoms with Gasteiger partial charge in [-0.05, 0) is 51.8 Å². The number of nitriles is 1. The van der Waals surface area contributed by atoms with Crippen LogP contribution in [-0.2, 0) is 11.3 Å². The van der Waals surface area contributed by atoms with Crippen LogP contribution in [0.3, 0.4) is 0 Å². The van der Waals surface area contributed by atoms with Gasteiger partial charge in [-0.3, -0.25) is 4.90 Å². The number of piperidine rings is 1. The Hall–Kier alpha value is -1.31. The van der Waals surface area contributed by atoms with Crippen LogP contribution in [0.1, 0.15) is 36.7 Å². The van der Waals surface area contributed by atoms with Crippen molar-refractivity contribution >= 4 is 0 Å². The Labute approximate surface area is 115 Å². The van der Waals surface area contributed by atoms with Crippen molar-refractivity contribution in [2.75, 3.05) is 26.3 Å². The Morgan fingerprint density at radius 1 is 1.47 bits per heavy atom. The van der Waals surface area contributed by atoms with E-state index in [1.54, 1.807) is 0 Å². The molecule has 1 aliphatic heterocycles. The molecule has 0 saturated carbocycles. The highest BCUT2D eigenvalue weighted by Crippen LogP contribution is 2.20. The number of hydrogen-bond acceptors (Lipinski definition) is 3. The highest BCUT2D eigenvalue weighted by atomic mass is 16.5. The maximum atomic E-state index is 8.96. The Bertz CT molecular complexity index is 439. The number of nitrogens with one attached hydrogen (secondary N) is 1. The van der Waals surface area contributed by atoms with E-state index in [9.17, 15) is 0 Å². The van der Waals surface area contributed by atoms with E-state index in [0.29, 0.717) is 0 Å². The molecule has 1 saturated heterocycles. The number of aryl methyl sites for hydroxylation is 1. The van der Waals surface area contributed by atoms with E-state index in [1.165, 1.54) is 12.8 Å². The maximum absolute atomic E-state index is 8.96. The number of aromatic amines is 1. The number of aromatic nitrogens is 1. The van der Waals surface area contributed by atoms with Crippen LogP contribution in [0.25, 0.3) is 0 Å². The maximum Gasteiger partial charge on any atom is 0.101 e. The van der Waals surface area contributed by atoms with Crippen LogP contribution >= 0.6 is 0 Å². The molecule has 0 aliphatic carbocycles. The summed E-state index contributed by atoms with van der Waals surface area (Å²) in [6, 6.07) is 4.19. The molecule has 0 amide bonds. The van der Waals surface area contributed by atoms with Crippen LogP contribution in [0.15, 0.2) is 6.07 Å². The van der Waals surface area contributed by atoms with Gasteiger partial charge in [0.2, 0.25) is 0 Å². The normalized spacial score (nSPS) is 17.5. The topological polar surface area (TPSA) is 52.0 Å². The van der Waals surface area contributed by atoms with E-state index >= 15 is 0 Å². The highest BCUT2D eigenvalue weighted by molar-refractivity contribution is 5.35. The second kappa shape index (κ2) is 6.74. The minimum Gasteiger partial charge on any atom is -0.381 e. The molecule has 1 aromatic heterocycles. The number of rotatable bonds is 5. The Morgan fingerprint density at radius 2 is 2.21 bits per heavy atom. The van der Waals surface area contributed by atoms with Crippen LogP contribution in [-0.4, -0.2) is 36.2 Å². The molecule has 0 spiro atoms. The molecule has 1 fully saturated rings. The Balaban J connectivity index is 1.80. The monoisotopic (exact) mass is 261 g/mol. The summed E-state index contributed by atoms with van der Waals surface area (Å²) in [5, 5.41) is 8.96. The zero-order valence-corrected chi connectivity index (χ0v) is 11.9. The first-order valence-electron chi connectivity index (χ1n) is 7.11. The fourth-order valence-electron chi connectivity index (χ4n) is 2.66. The summed E-state index contributed by atoms with van der Waals surface area (Å²) in [5.74, 6) is 0.719. The largest absolute Gasteiger partial charge is 0.381 e. The van der Waals surface area contributed by atoms with Crippen LogP contribution in [0.4, 0.5) is 0 Å². The smallest absolute Gasteiger partial charge is 0.101 e. The van der Waals surface area contributed by atoms with Crippen molar-refractivity contribution in [2.45, 2.75) is 33.2 Å². The predicted molar refractivity (Wildman–Crippen MR) is 74.7 cm³/mol. The first-order valence-corrected chi connectivity index (χ1v) is 7.11. The van der Waals surface area contributed by atoms with Gasteiger partial charge in [-0.1, -0.05) is 0 Å². The van der Waals surface area contributed by atoms with Gasteiger partial charge in [0.05, 0.1) is 5.56 Å². The molecule has 0 atom stereocenters. The van der Waals surface area contributed by atoms with E-state index in [4.69, 9.17) is 10.00 Å². The summed E-state index contributed by atoms with van der Waals surface area (Å²) in [6.45, 7) is 8.90. The quantitative estimate of drug-likeness (QED) is 0.885. The standard InChI is InChI=1S/C15H23N3O/c1-3-19-11-13-4-6-18(7-5-13)10-15-8-14(9-16)12(2)17-15/h8,13,17H,3-7,10-11H2,1-2H3. The number of likely N-dealkylation sites (tertiary alicyclic amines) is 1. The van der Waals surface area contributed by atoms with E-state index in [-0.39, 0.29) is 0 Å². The fraction of sp³-hybridized carbons (Fsp3) is 0.667. The van der Waals surface area contributed by atoms with Gasteiger partial charge < -0.3 is 9.72 Å². The van der Waals surface area contributed by atoms with Crippen molar-refractivity contribution in [3.05, 3.63) is 23.0 Å². The molecule has 1 aromatic rings. The summed E-state index contributed by atoms with van der Waals surface area (Å²) in [6.07, 6.45) is 2.43. The molecular weight excluding hydrogens is 238 g/mol. The highest BCUT2D eigenvalue weighted by Gasteiger charge is 2.19. The third kappa shape index (κ3) is 3.82. The molecular formula is C15H23N3O. The Kier molecular flexibility index (Phi) is 5.00. The lowest BCUT2D eigenvalue weighted by molar-refractivity contribution is 0.0720. The first-order chi connectivity index (χ1) is 9.22. The van der Waals surface area contributed by atoms with Gasteiger partial charge in [0.25, 0.3) is 0 Å². The SMILES string of the molecule is CCOCC1CCN(Cc2cc(C#N)c(C)[nH]2)CC1. The number of hydrogen-bond donors (Lipinski definition) is 1. The molecule has 0 unspecified atom stereocenters. The molecule has 1 aliphatic rings. The molecule has 1 N–H and O–H groups in total.